The molecule has 1 N–H and O–H groups in total. The molecular formula is C11H14ClNO4S. The standard InChI is InChI=1S/C11H14ClNO4S/c1-18(16,17)13(8-2-3-11(14)15)10-6-4-9(12)5-7-10/h4-7H,2-3,8H2,1H3,(H,14,15). The molecule has 0 aliphatic heterocycles. The highest BCUT2D eigenvalue weighted by molar-refractivity contribution is 7.92. The number of nitrogens with zero attached hydrogens (tertiary/aromatic N) is 1. The number of carboxylic acid groups (broad SMARTS) is 1. The van der Waals surface area contributed by atoms with Crippen molar-refractivity contribution >= 4 is 33.3 Å². The molecule has 0 aromatic heterocycles. The zero-order valence-electron chi connectivity index (χ0n) is 9.84. The van der Waals surface area contributed by atoms with E-state index in [4.69, 9.17) is 16.7 Å². The number of sulfonamides is 1. The number of benzene rings is 1. The van der Waals surface area contributed by atoms with E-state index in [1.807, 2.05) is 0 Å². The number of hydrogen-bond acceptors (Lipinski definition) is 3. The van der Waals surface area contributed by atoms with E-state index in [1.54, 1.807) is 24.3 Å². The first kappa shape index (κ1) is 14.8. The topological polar surface area (TPSA) is 74.7 Å². The van der Waals surface area contributed by atoms with Gasteiger partial charge in [-0.3, -0.25) is 9.10 Å². The predicted octanol–water partition coefficient (Wildman–Crippen LogP) is 1.97. The van der Waals surface area contributed by atoms with E-state index in [0.717, 1.165) is 6.26 Å². The minimum absolute atomic E-state index is 0.0698. The average Bonchev–Trinajstić information content (AvgIpc) is 2.24. The number of hydrogen-bond donors (Lipinski definition) is 1. The zero-order valence-corrected chi connectivity index (χ0v) is 11.4. The third-order valence-electron chi connectivity index (χ3n) is 2.27. The van der Waals surface area contributed by atoms with Crippen LogP contribution >= 0.6 is 11.6 Å². The van der Waals surface area contributed by atoms with Gasteiger partial charge in [-0.15, -0.1) is 0 Å². The van der Waals surface area contributed by atoms with E-state index >= 15 is 0 Å². The van der Waals surface area contributed by atoms with Gasteiger partial charge in [0.05, 0.1) is 11.9 Å². The van der Waals surface area contributed by atoms with Crippen molar-refractivity contribution in [2.24, 2.45) is 0 Å². The van der Waals surface area contributed by atoms with Crippen molar-refractivity contribution in [1.82, 2.24) is 0 Å². The minimum atomic E-state index is -3.43. The van der Waals surface area contributed by atoms with Crippen LogP contribution in [0.5, 0.6) is 0 Å². The zero-order chi connectivity index (χ0) is 13.8. The molecule has 0 heterocycles. The third-order valence-corrected chi connectivity index (χ3v) is 3.71. The fourth-order valence-corrected chi connectivity index (χ4v) is 2.56. The Morgan fingerprint density at radius 1 is 1.33 bits per heavy atom. The summed E-state index contributed by atoms with van der Waals surface area (Å²) in [6, 6.07) is 6.35. The Balaban J connectivity index is 2.86. The average molecular weight is 292 g/mol. The molecule has 1 aromatic carbocycles. The van der Waals surface area contributed by atoms with E-state index in [0.29, 0.717) is 10.7 Å². The van der Waals surface area contributed by atoms with Crippen LogP contribution in [-0.2, 0) is 14.8 Å². The highest BCUT2D eigenvalue weighted by Gasteiger charge is 2.17. The quantitative estimate of drug-likeness (QED) is 0.869. The van der Waals surface area contributed by atoms with Gasteiger partial charge in [0, 0.05) is 18.0 Å². The Labute approximate surface area is 111 Å². The van der Waals surface area contributed by atoms with Crippen LogP contribution in [0.4, 0.5) is 5.69 Å². The van der Waals surface area contributed by atoms with Gasteiger partial charge in [0.2, 0.25) is 10.0 Å². The molecule has 5 nitrogen and oxygen atoms in total. The smallest absolute Gasteiger partial charge is 0.303 e. The molecule has 0 amide bonds. The van der Waals surface area contributed by atoms with Crippen LogP contribution in [0.3, 0.4) is 0 Å². The van der Waals surface area contributed by atoms with Crippen LogP contribution in [0.15, 0.2) is 24.3 Å². The van der Waals surface area contributed by atoms with Gasteiger partial charge in [-0.25, -0.2) is 8.42 Å². The van der Waals surface area contributed by atoms with Crippen LogP contribution < -0.4 is 4.31 Å². The highest BCUT2D eigenvalue weighted by atomic mass is 35.5. The second-order valence-electron chi connectivity index (χ2n) is 3.81. The van der Waals surface area contributed by atoms with Crippen LogP contribution in [0.25, 0.3) is 0 Å². The van der Waals surface area contributed by atoms with Crippen molar-refractivity contribution in [3.05, 3.63) is 29.3 Å². The summed E-state index contributed by atoms with van der Waals surface area (Å²) in [5.41, 5.74) is 0.479. The Hall–Kier alpha value is -1.27. The molecule has 0 aliphatic rings. The van der Waals surface area contributed by atoms with Gasteiger partial charge in [0.25, 0.3) is 0 Å². The van der Waals surface area contributed by atoms with Gasteiger partial charge < -0.3 is 5.11 Å². The van der Waals surface area contributed by atoms with Crippen molar-refractivity contribution in [2.75, 3.05) is 17.1 Å². The summed E-state index contributed by atoms with van der Waals surface area (Å²) < 4.78 is 24.4. The first-order valence-corrected chi connectivity index (χ1v) is 7.48. The number of carboxylic acids is 1. The summed E-state index contributed by atoms with van der Waals surface area (Å²) >= 11 is 5.73. The Morgan fingerprint density at radius 2 is 1.89 bits per heavy atom. The summed E-state index contributed by atoms with van der Waals surface area (Å²) in [6.45, 7) is 0.132. The molecule has 0 spiro atoms. The number of anilines is 1. The number of halogens is 1. The molecule has 1 aromatic rings. The fourth-order valence-electron chi connectivity index (χ4n) is 1.47. The fraction of sp³-hybridized carbons (Fsp3) is 0.364. The summed E-state index contributed by atoms with van der Waals surface area (Å²) in [6.07, 6.45) is 1.27. The predicted molar refractivity (Wildman–Crippen MR) is 70.5 cm³/mol. The van der Waals surface area contributed by atoms with Gasteiger partial charge in [-0.2, -0.15) is 0 Å². The summed E-state index contributed by atoms with van der Waals surface area (Å²) in [4.78, 5) is 10.4. The molecule has 7 heteroatoms. The lowest BCUT2D eigenvalue weighted by atomic mass is 10.3. The van der Waals surface area contributed by atoms with Crippen LogP contribution in [0.1, 0.15) is 12.8 Å². The van der Waals surface area contributed by atoms with E-state index < -0.39 is 16.0 Å². The van der Waals surface area contributed by atoms with Gasteiger partial charge in [-0.05, 0) is 30.7 Å². The van der Waals surface area contributed by atoms with Crippen molar-refractivity contribution in [3.8, 4) is 0 Å². The third kappa shape index (κ3) is 4.54. The normalized spacial score (nSPS) is 11.2. The van der Waals surface area contributed by atoms with E-state index in [2.05, 4.69) is 0 Å². The summed E-state index contributed by atoms with van der Waals surface area (Å²) in [5, 5.41) is 9.06. The lowest BCUT2D eigenvalue weighted by Gasteiger charge is -2.22. The molecule has 18 heavy (non-hydrogen) atoms. The largest absolute Gasteiger partial charge is 0.481 e. The molecule has 0 radical (unpaired) electrons. The van der Waals surface area contributed by atoms with Crippen molar-refractivity contribution in [1.29, 1.82) is 0 Å². The second-order valence-corrected chi connectivity index (χ2v) is 6.15. The lowest BCUT2D eigenvalue weighted by molar-refractivity contribution is -0.137. The molecule has 0 aliphatic carbocycles. The van der Waals surface area contributed by atoms with Gasteiger partial charge in [0.15, 0.2) is 0 Å². The molecule has 0 atom stereocenters. The van der Waals surface area contributed by atoms with Crippen molar-refractivity contribution in [2.45, 2.75) is 12.8 Å². The molecule has 100 valence electrons. The summed E-state index contributed by atoms with van der Waals surface area (Å²) in [7, 11) is -3.43. The highest BCUT2D eigenvalue weighted by Crippen LogP contribution is 2.20. The minimum Gasteiger partial charge on any atom is -0.481 e. The van der Waals surface area contributed by atoms with Crippen LogP contribution in [0, 0.1) is 0 Å². The maximum Gasteiger partial charge on any atom is 0.303 e. The molecule has 0 bridgehead atoms. The Kier molecular flexibility index (Phi) is 4.98. The van der Waals surface area contributed by atoms with E-state index in [1.165, 1.54) is 4.31 Å². The van der Waals surface area contributed by atoms with Gasteiger partial charge in [-0.1, -0.05) is 11.6 Å². The Bertz CT molecular complexity index is 512. The lowest BCUT2D eigenvalue weighted by Crippen LogP contribution is -2.31. The van der Waals surface area contributed by atoms with Gasteiger partial charge in [0.1, 0.15) is 0 Å². The van der Waals surface area contributed by atoms with Gasteiger partial charge >= 0.3 is 5.97 Å². The maximum atomic E-state index is 11.6. The van der Waals surface area contributed by atoms with E-state index in [9.17, 15) is 13.2 Å². The Morgan fingerprint density at radius 3 is 2.33 bits per heavy atom. The number of rotatable bonds is 6. The van der Waals surface area contributed by atoms with Crippen molar-refractivity contribution in [3.63, 3.8) is 0 Å². The number of carbonyl (C=O) groups is 1. The molecule has 0 saturated heterocycles. The molecule has 0 saturated carbocycles. The number of aliphatic carboxylic acids is 1. The second kappa shape index (κ2) is 6.06. The van der Waals surface area contributed by atoms with Crippen LogP contribution in [0.2, 0.25) is 5.02 Å². The van der Waals surface area contributed by atoms with E-state index in [-0.39, 0.29) is 19.4 Å². The first-order chi connectivity index (χ1) is 8.30. The van der Waals surface area contributed by atoms with Crippen LogP contribution in [-0.4, -0.2) is 32.3 Å². The molecule has 1 rings (SSSR count). The maximum absolute atomic E-state index is 11.6. The molecular weight excluding hydrogens is 278 g/mol. The SMILES string of the molecule is CS(=O)(=O)N(CCCC(=O)O)c1ccc(Cl)cc1. The molecule has 0 fully saturated rings. The first-order valence-electron chi connectivity index (χ1n) is 5.26. The molecule has 0 unspecified atom stereocenters. The monoisotopic (exact) mass is 291 g/mol. The van der Waals surface area contributed by atoms with Crippen molar-refractivity contribution < 1.29 is 18.3 Å². The summed E-state index contributed by atoms with van der Waals surface area (Å²) in [5.74, 6) is -0.945.